The highest BCUT2D eigenvalue weighted by Crippen LogP contribution is 2.21. The summed E-state index contributed by atoms with van der Waals surface area (Å²) in [7, 11) is -1.28. The fraction of sp³-hybridized carbons (Fsp3) is 0.321. The predicted octanol–water partition coefficient (Wildman–Crippen LogP) is 3.16. The molecule has 3 aromatic rings. The van der Waals surface area contributed by atoms with Gasteiger partial charge in [-0.1, -0.05) is 30.3 Å². The number of non-ortho nitro benzene ring substituents is 1. The van der Waals surface area contributed by atoms with E-state index in [0.717, 1.165) is 24.3 Å². The highest BCUT2D eigenvalue weighted by molar-refractivity contribution is 7.90. The molecule has 0 aliphatic carbocycles. The van der Waals surface area contributed by atoms with E-state index in [4.69, 9.17) is 17.5 Å². The van der Waals surface area contributed by atoms with E-state index < -0.39 is 55.3 Å². The van der Waals surface area contributed by atoms with Crippen LogP contribution in [-0.2, 0) is 31.2 Å². The molecule has 13 nitrogen and oxygen atoms in total. The summed E-state index contributed by atoms with van der Waals surface area (Å²) < 4.78 is 67.2. The summed E-state index contributed by atoms with van der Waals surface area (Å²) in [4.78, 5) is 22.8. The molecule has 1 amide bonds. The van der Waals surface area contributed by atoms with E-state index in [1.165, 1.54) is 31.4 Å². The average Bonchev–Trinajstić information content (AvgIpc) is 2.96. The molecule has 2 atom stereocenters. The number of benzene rings is 3. The SMILES string of the molecule is [B]N(C[C@@H](NS(=O)(=O)c1ccc([N+](=O)[O-])cc1)[C@H](Cc1ccccc1)NC(=O)OC(C)(C)C)S(=O)(=O)c1ccc(OC)cc1. The van der Waals surface area contributed by atoms with Crippen molar-refractivity contribution in [3.05, 3.63) is 94.5 Å². The third-order valence-corrected chi connectivity index (χ3v) is 9.33. The molecule has 0 saturated carbocycles. The van der Waals surface area contributed by atoms with Crippen molar-refractivity contribution in [2.75, 3.05) is 13.7 Å². The second kappa shape index (κ2) is 14.2. The molecule has 0 aliphatic rings. The molecule has 0 spiro atoms. The number of hydrogen-bond acceptors (Lipinski definition) is 9. The molecular weight excluding hydrogens is 611 g/mol. The van der Waals surface area contributed by atoms with Crippen LogP contribution in [-0.4, -0.2) is 71.4 Å². The summed E-state index contributed by atoms with van der Waals surface area (Å²) in [5.41, 5.74) is -0.533. The fourth-order valence-electron chi connectivity index (χ4n) is 4.06. The van der Waals surface area contributed by atoms with Crippen molar-refractivity contribution in [3.63, 3.8) is 0 Å². The minimum atomic E-state index is -4.43. The maximum atomic E-state index is 13.5. The lowest BCUT2D eigenvalue weighted by Crippen LogP contribution is -2.57. The minimum absolute atomic E-state index is 0.0456. The lowest BCUT2D eigenvalue weighted by Gasteiger charge is -2.33. The Bertz CT molecular complexity index is 1650. The number of amides is 1. The van der Waals surface area contributed by atoms with Gasteiger partial charge in [-0.2, -0.15) is 0 Å². The number of nitrogens with zero attached hydrogens (tertiary/aromatic N) is 2. The van der Waals surface area contributed by atoms with Gasteiger partial charge in [0.15, 0.2) is 0 Å². The van der Waals surface area contributed by atoms with Gasteiger partial charge in [-0.05, 0) is 69.2 Å². The second-order valence-electron chi connectivity index (χ2n) is 10.7. The standard InChI is InChI=1S/C28H33BN4O9S2/c1-28(2,3)42-27(34)30-25(18-20-8-6-5-7-9-20)26(31-43(37,38)23-14-10-21(11-15-23)33(35)36)19-32(29)44(39,40)24-16-12-22(41-4)13-17-24/h5-17,25-26,31H,18-19H2,1-4H3,(H,30,34)/t25-,26+/m0/s1. The van der Waals surface area contributed by atoms with E-state index in [2.05, 4.69) is 10.0 Å². The van der Waals surface area contributed by atoms with Crippen molar-refractivity contribution < 1.29 is 36.0 Å². The van der Waals surface area contributed by atoms with E-state index in [1.54, 1.807) is 51.1 Å². The Balaban J connectivity index is 2.04. The zero-order valence-corrected chi connectivity index (χ0v) is 26.2. The summed E-state index contributed by atoms with van der Waals surface area (Å²) in [6.07, 6.45) is -0.830. The molecule has 0 saturated heterocycles. The maximum absolute atomic E-state index is 13.5. The number of sulfonamides is 2. The Morgan fingerprint density at radius 1 is 0.932 bits per heavy atom. The molecule has 2 radical (unpaired) electrons. The zero-order chi connectivity index (χ0) is 32.7. The minimum Gasteiger partial charge on any atom is -0.497 e. The molecular formula is C28H33BN4O9S2. The first-order valence-corrected chi connectivity index (χ1v) is 16.2. The van der Waals surface area contributed by atoms with Crippen LogP contribution in [0.5, 0.6) is 5.75 Å². The Kier molecular flexibility index (Phi) is 11.1. The summed E-state index contributed by atoms with van der Waals surface area (Å²) in [5, 5.41) is 13.7. The molecule has 0 fully saturated rings. The number of hydrogen-bond donors (Lipinski definition) is 2. The lowest BCUT2D eigenvalue weighted by molar-refractivity contribution is -0.384. The van der Waals surface area contributed by atoms with Gasteiger partial charge in [-0.25, -0.2) is 26.4 Å². The van der Waals surface area contributed by atoms with Crippen LogP contribution in [0.1, 0.15) is 26.3 Å². The van der Waals surface area contributed by atoms with Crippen LogP contribution in [0.4, 0.5) is 10.5 Å². The van der Waals surface area contributed by atoms with Gasteiger partial charge in [-0.3, -0.25) is 14.3 Å². The van der Waals surface area contributed by atoms with E-state index in [9.17, 15) is 31.7 Å². The fourth-order valence-corrected chi connectivity index (χ4v) is 6.43. The number of rotatable bonds is 13. The third-order valence-electron chi connectivity index (χ3n) is 6.19. The number of carbonyl (C=O) groups is 1. The molecule has 234 valence electrons. The molecule has 2 N–H and O–H groups in total. The third kappa shape index (κ3) is 9.51. The smallest absolute Gasteiger partial charge is 0.407 e. The van der Waals surface area contributed by atoms with Crippen LogP contribution in [0.3, 0.4) is 0 Å². The summed E-state index contributed by atoms with van der Waals surface area (Å²) in [6, 6.07) is 15.9. The van der Waals surface area contributed by atoms with Gasteiger partial charge >= 0.3 is 6.09 Å². The number of nitro groups is 1. The number of ether oxygens (including phenoxy) is 2. The number of alkyl carbamates (subject to hydrolysis) is 1. The second-order valence-corrected chi connectivity index (χ2v) is 14.3. The Morgan fingerprint density at radius 3 is 2.02 bits per heavy atom. The van der Waals surface area contributed by atoms with Crippen LogP contribution >= 0.6 is 0 Å². The summed E-state index contributed by atoms with van der Waals surface area (Å²) >= 11 is 0. The Morgan fingerprint density at radius 2 is 1.50 bits per heavy atom. The highest BCUT2D eigenvalue weighted by Gasteiger charge is 2.34. The van der Waals surface area contributed by atoms with Crippen LogP contribution in [0, 0.1) is 10.1 Å². The van der Waals surface area contributed by atoms with Crippen LogP contribution in [0.25, 0.3) is 0 Å². The van der Waals surface area contributed by atoms with Gasteiger partial charge in [0.25, 0.3) is 5.69 Å². The summed E-state index contributed by atoms with van der Waals surface area (Å²) in [5.74, 6) is 0.408. The van der Waals surface area contributed by atoms with Gasteiger partial charge in [-0.15, -0.1) is 0 Å². The van der Waals surface area contributed by atoms with Crippen LogP contribution in [0.2, 0.25) is 0 Å². The zero-order valence-electron chi connectivity index (χ0n) is 24.5. The summed E-state index contributed by atoms with van der Waals surface area (Å²) in [6.45, 7) is 4.32. The molecule has 0 aliphatic heterocycles. The van der Waals surface area contributed by atoms with Crippen molar-refractivity contribution in [2.45, 2.75) is 54.7 Å². The molecule has 3 rings (SSSR count). The normalized spacial score (nSPS) is 13.6. The molecule has 16 heteroatoms. The molecule has 0 bridgehead atoms. The molecule has 44 heavy (non-hydrogen) atoms. The Hall–Kier alpha value is -3.99. The van der Waals surface area contributed by atoms with E-state index in [-0.39, 0.29) is 21.9 Å². The van der Waals surface area contributed by atoms with Crippen LogP contribution in [0.15, 0.2) is 88.7 Å². The van der Waals surface area contributed by atoms with Gasteiger partial charge in [0.1, 0.15) is 11.4 Å². The number of nitro benzene ring substituents is 1. The van der Waals surface area contributed by atoms with Crippen LogP contribution < -0.4 is 14.8 Å². The number of nitrogens with one attached hydrogen (secondary N) is 2. The van der Waals surface area contributed by atoms with E-state index in [0.29, 0.717) is 15.5 Å². The topological polar surface area (TPSA) is 174 Å². The number of methoxy groups -OCH3 is 1. The van der Waals surface area contributed by atoms with Crippen molar-refractivity contribution in [1.82, 2.24) is 14.3 Å². The first-order chi connectivity index (χ1) is 20.5. The molecule has 0 heterocycles. The highest BCUT2D eigenvalue weighted by atomic mass is 32.2. The maximum Gasteiger partial charge on any atom is 0.407 e. The van der Waals surface area contributed by atoms with Crippen molar-refractivity contribution in [3.8, 4) is 5.75 Å². The van der Waals surface area contributed by atoms with Gasteiger partial charge in [0.05, 0.1) is 33.9 Å². The molecule has 3 aromatic carbocycles. The monoisotopic (exact) mass is 644 g/mol. The van der Waals surface area contributed by atoms with Crippen molar-refractivity contribution in [1.29, 1.82) is 0 Å². The van der Waals surface area contributed by atoms with E-state index in [1.807, 2.05) is 0 Å². The largest absolute Gasteiger partial charge is 0.497 e. The average molecular weight is 645 g/mol. The first-order valence-electron chi connectivity index (χ1n) is 13.2. The van der Waals surface area contributed by atoms with Gasteiger partial charge < -0.3 is 14.8 Å². The van der Waals surface area contributed by atoms with Crippen molar-refractivity contribution >= 4 is 39.8 Å². The van der Waals surface area contributed by atoms with E-state index >= 15 is 0 Å². The van der Waals surface area contributed by atoms with Gasteiger partial charge in [0.2, 0.25) is 28.0 Å². The predicted molar refractivity (Wildman–Crippen MR) is 163 cm³/mol. The Labute approximate surface area is 258 Å². The lowest BCUT2D eigenvalue weighted by atomic mass is 9.99. The van der Waals surface area contributed by atoms with Gasteiger partial charge in [0, 0.05) is 18.7 Å². The molecule has 0 aromatic heterocycles. The number of carbonyl (C=O) groups excluding carboxylic acids is 1. The van der Waals surface area contributed by atoms with Crippen molar-refractivity contribution in [2.24, 2.45) is 0 Å². The quantitative estimate of drug-likeness (QED) is 0.161. The first kappa shape index (κ1) is 34.5. The molecule has 0 unspecified atom stereocenters.